The number of hydrogen-bond donors (Lipinski definition) is 4. The second-order valence-corrected chi connectivity index (χ2v) is 9.63. The molecule has 1 aromatic rings. The predicted octanol–water partition coefficient (Wildman–Crippen LogP) is 4.00. The van der Waals surface area contributed by atoms with Crippen LogP contribution in [0, 0.1) is 11.3 Å². The Morgan fingerprint density at radius 2 is 2.28 bits per heavy atom. The fourth-order valence-electron chi connectivity index (χ4n) is 6.15. The highest BCUT2D eigenvalue weighted by Crippen LogP contribution is 2.54. The van der Waals surface area contributed by atoms with Crippen LogP contribution in [-0.4, -0.2) is 16.0 Å². The lowest BCUT2D eigenvalue weighted by molar-refractivity contribution is -0.124. The summed E-state index contributed by atoms with van der Waals surface area (Å²) in [6, 6.07) is 3.86. The van der Waals surface area contributed by atoms with E-state index in [2.05, 4.69) is 34.2 Å². The van der Waals surface area contributed by atoms with Gasteiger partial charge in [-0.25, -0.2) is 0 Å². The average Bonchev–Trinajstić information content (AvgIpc) is 3.38. The number of amides is 1. The van der Waals surface area contributed by atoms with E-state index in [1.807, 2.05) is 18.2 Å². The fourth-order valence-corrected chi connectivity index (χ4v) is 6.15. The van der Waals surface area contributed by atoms with Crippen molar-refractivity contribution in [1.29, 1.82) is 0 Å². The van der Waals surface area contributed by atoms with Gasteiger partial charge in [0.1, 0.15) is 5.76 Å². The number of nitrogens with one attached hydrogen (secondary N) is 3. The summed E-state index contributed by atoms with van der Waals surface area (Å²) < 4.78 is 0. The van der Waals surface area contributed by atoms with E-state index in [1.165, 1.54) is 11.1 Å². The summed E-state index contributed by atoms with van der Waals surface area (Å²) in [6.45, 7) is 2.71. The zero-order chi connectivity index (χ0) is 21.9. The van der Waals surface area contributed by atoms with Crippen molar-refractivity contribution in [3.8, 4) is 0 Å². The molecule has 0 saturated carbocycles. The van der Waals surface area contributed by atoms with Crippen molar-refractivity contribution in [3.63, 3.8) is 0 Å². The van der Waals surface area contributed by atoms with Crippen LogP contribution in [0.25, 0.3) is 0 Å². The van der Waals surface area contributed by atoms with Gasteiger partial charge in [0.25, 0.3) is 0 Å². The standard InChI is InChI=1S/C26H28N4O2/c1-26-9-3-2-6-20(26)21(31)12-19-18-11-16-7-8-17(22(16)23(18)29-30-24(19)26)25(32)28-14-15-5-4-10-27-13-15/h4-6,10,12-13,17,29-31H,2-3,7-9,11,14H2,1H3,(H,28,32). The van der Waals surface area contributed by atoms with E-state index in [9.17, 15) is 9.90 Å². The molecule has 0 saturated heterocycles. The summed E-state index contributed by atoms with van der Waals surface area (Å²) in [5.74, 6) is 0.313. The van der Waals surface area contributed by atoms with Crippen molar-refractivity contribution >= 4 is 5.91 Å². The molecule has 0 aromatic carbocycles. The minimum atomic E-state index is -0.203. The molecule has 4 aliphatic carbocycles. The Bertz CT molecular complexity index is 1170. The van der Waals surface area contributed by atoms with Crippen LogP contribution in [0.3, 0.4) is 0 Å². The predicted molar refractivity (Wildman–Crippen MR) is 122 cm³/mol. The van der Waals surface area contributed by atoms with Gasteiger partial charge in [-0.05, 0) is 74.3 Å². The van der Waals surface area contributed by atoms with E-state index >= 15 is 0 Å². The maximum absolute atomic E-state index is 13.1. The van der Waals surface area contributed by atoms with Crippen LogP contribution < -0.4 is 16.2 Å². The second kappa shape index (κ2) is 7.12. The molecule has 5 aliphatic rings. The van der Waals surface area contributed by atoms with Crippen LogP contribution in [0.1, 0.15) is 51.0 Å². The highest BCUT2D eigenvalue weighted by molar-refractivity contribution is 5.85. The van der Waals surface area contributed by atoms with Crippen LogP contribution in [0.2, 0.25) is 0 Å². The van der Waals surface area contributed by atoms with Crippen molar-refractivity contribution in [2.45, 2.75) is 52.0 Å². The molecule has 32 heavy (non-hydrogen) atoms. The Morgan fingerprint density at radius 3 is 3.12 bits per heavy atom. The number of carbonyl (C=O) groups excluding carboxylic acids is 1. The number of carbonyl (C=O) groups is 1. The number of allylic oxidation sites excluding steroid dienone is 8. The van der Waals surface area contributed by atoms with Crippen molar-refractivity contribution in [1.82, 2.24) is 21.2 Å². The van der Waals surface area contributed by atoms with Gasteiger partial charge in [0, 0.05) is 41.2 Å². The number of pyridine rings is 1. The molecule has 1 amide bonds. The smallest absolute Gasteiger partial charge is 0.227 e. The lowest BCUT2D eigenvalue weighted by atomic mass is 9.66. The minimum absolute atomic E-state index is 0.0701. The second-order valence-electron chi connectivity index (χ2n) is 9.63. The summed E-state index contributed by atoms with van der Waals surface area (Å²) >= 11 is 0. The summed E-state index contributed by atoms with van der Waals surface area (Å²) in [4.78, 5) is 17.2. The van der Waals surface area contributed by atoms with Crippen molar-refractivity contribution in [3.05, 3.63) is 87.3 Å². The number of hydrazine groups is 1. The molecule has 2 unspecified atom stereocenters. The quantitative estimate of drug-likeness (QED) is 0.585. The van der Waals surface area contributed by atoms with Crippen molar-refractivity contribution in [2.75, 3.05) is 0 Å². The first kappa shape index (κ1) is 19.4. The van der Waals surface area contributed by atoms with Crippen LogP contribution in [0.4, 0.5) is 0 Å². The van der Waals surface area contributed by atoms with E-state index in [0.29, 0.717) is 12.3 Å². The van der Waals surface area contributed by atoms with Crippen LogP contribution >= 0.6 is 0 Å². The first-order chi connectivity index (χ1) is 15.6. The number of fused-ring (bicyclic) bond motifs is 4. The Labute approximate surface area is 187 Å². The Morgan fingerprint density at radius 1 is 1.38 bits per heavy atom. The maximum atomic E-state index is 13.1. The van der Waals surface area contributed by atoms with Crippen LogP contribution in [0.5, 0.6) is 0 Å². The summed E-state index contributed by atoms with van der Waals surface area (Å²) in [5, 5.41) is 14.0. The monoisotopic (exact) mass is 428 g/mol. The number of aliphatic hydroxyl groups excluding tert-OH is 1. The average molecular weight is 429 g/mol. The summed E-state index contributed by atoms with van der Waals surface area (Å²) in [7, 11) is 0. The highest BCUT2D eigenvalue weighted by atomic mass is 16.3. The van der Waals surface area contributed by atoms with Crippen LogP contribution in [0.15, 0.2) is 81.7 Å². The molecule has 0 spiro atoms. The molecule has 6 nitrogen and oxygen atoms in total. The number of aromatic nitrogens is 1. The molecule has 2 atom stereocenters. The first-order valence-electron chi connectivity index (χ1n) is 11.6. The van der Waals surface area contributed by atoms with E-state index in [4.69, 9.17) is 0 Å². The number of hydrogen-bond acceptors (Lipinski definition) is 5. The maximum Gasteiger partial charge on any atom is 0.227 e. The number of rotatable bonds is 3. The third-order valence-electron chi connectivity index (χ3n) is 7.77. The molecular weight excluding hydrogens is 400 g/mol. The molecular formula is C26H28N4O2. The Hall–Kier alpha value is -3.28. The molecule has 2 heterocycles. The summed E-state index contributed by atoms with van der Waals surface area (Å²) in [5.41, 5.74) is 15.8. The lowest BCUT2D eigenvalue weighted by Gasteiger charge is -2.43. The SMILES string of the molecule is CC12CCCC=C1C(O)=CC1=C2NNC2=C1CC1=C2C(C(=O)NCc2cccnc2)CC1. The molecule has 4 N–H and O–H groups in total. The van der Waals surface area contributed by atoms with Gasteiger partial charge in [-0.1, -0.05) is 17.7 Å². The molecule has 0 radical (unpaired) electrons. The van der Waals surface area contributed by atoms with Gasteiger partial charge in [-0.2, -0.15) is 0 Å². The topological polar surface area (TPSA) is 86.3 Å². The summed E-state index contributed by atoms with van der Waals surface area (Å²) in [6.07, 6.45) is 13.4. The zero-order valence-electron chi connectivity index (χ0n) is 18.3. The third kappa shape index (κ3) is 2.78. The molecule has 0 fully saturated rings. The Balaban J connectivity index is 1.30. The van der Waals surface area contributed by atoms with Gasteiger partial charge < -0.3 is 21.3 Å². The van der Waals surface area contributed by atoms with Gasteiger partial charge in [0.05, 0.1) is 11.6 Å². The number of aliphatic hydroxyl groups is 1. The van der Waals surface area contributed by atoms with Crippen molar-refractivity contribution in [2.24, 2.45) is 11.3 Å². The normalized spacial score (nSPS) is 28.1. The van der Waals surface area contributed by atoms with Gasteiger partial charge >= 0.3 is 0 Å². The fraction of sp³-hybridized carbons (Fsp3) is 0.385. The van der Waals surface area contributed by atoms with Gasteiger partial charge in [-0.15, -0.1) is 0 Å². The molecule has 6 heteroatoms. The lowest BCUT2D eigenvalue weighted by Crippen LogP contribution is -2.45. The van der Waals surface area contributed by atoms with Gasteiger partial charge in [0.15, 0.2) is 0 Å². The zero-order valence-corrected chi connectivity index (χ0v) is 18.3. The third-order valence-corrected chi connectivity index (χ3v) is 7.77. The largest absolute Gasteiger partial charge is 0.508 e. The number of nitrogens with zero attached hydrogens (tertiary/aromatic N) is 1. The molecule has 6 rings (SSSR count). The Kier molecular flexibility index (Phi) is 4.32. The molecule has 1 aliphatic heterocycles. The van der Waals surface area contributed by atoms with Gasteiger partial charge in [-0.3, -0.25) is 9.78 Å². The van der Waals surface area contributed by atoms with Gasteiger partial charge in [0.2, 0.25) is 5.91 Å². The van der Waals surface area contributed by atoms with Crippen molar-refractivity contribution < 1.29 is 9.90 Å². The minimum Gasteiger partial charge on any atom is -0.508 e. The highest BCUT2D eigenvalue weighted by Gasteiger charge is 2.46. The molecule has 1 aromatic heterocycles. The molecule has 164 valence electrons. The van der Waals surface area contributed by atoms with E-state index in [-0.39, 0.29) is 17.2 Å². The first-order valence-corrected chi connectivity index (χ1v) is 11.6. The van der Waals surface area contributed by atoms with E-state index in [1.54, 1.807) is 12.4 Å². The van der Waals surface area contributed by atoms with E-state index in [0.717, 1.165) is 72.2 Å². The molecule has 0 bridgehead atoms. The van der Waals surface area contributed by atoms with Crippen LogP contribution in [-0.2, 0) is 11.3 Å². The van der Waals surface area contributed by atoms with E-state index < -0.39 is 0 Å².